The van der Waals surface area contributed by atoms with Crippen molar-refractivity contribution in [2.24, 2.45) is 17.6 Å². The molecule has 3 N–H and O–H groups in total. The van der Waals surface area contributed by atoms with Gasteiger partial charge in [0.25, 0.3) is 0 Å². The van der Waals surface area contributed by atoms with Crippen molar-refractivity contribution < 1.29 is 9.90 Å². The van der Waals surface area contributed by atoms with Crippen molar-refractivity contribution in [2.45, 2.75) is 26.3 Å². The first-order valence-corrected chi connectivity index (χ1v) is 3.87. The number of rotatable bonds is 4. The van der Waals surface area contributed by atoms with Gasteiger partial charge in [-0.15, -0.1) is 0 Å². The van der Waals surface area contributed by atoms with E-state index in [-0.39, 0.29) is 18.3 Å². The highest BCUT2D eigenvalue weighted by Crippen LogP contribution is 2.15. The molecule has 4 heteroatoms. The maximum atomic E-state index is 10.3. The number of carbonyl (C=O) groups is 1. The van der Waals surface area contributed by atoms with Crippen LogP contribution in [0.25, 0.3) is 0 Å². The van der Waals surface area contributed by atoms with Gasteiger partial charge in [0.2, 0.25) is 0 Å². The lowest BCUT2D eigenvalue weighted by molar-refractivity contribution is -0.138. The van der Waals surface area contributed by atoms with Crippen LogP contribution in [-0.4, -0.2) is 17.1 Å². The lowest BCUT2D eigenvalue weighted by atomic mass is 9.91. The van der Waals surface area contributed by atoms with Gasteiger partial charge in [0.15, 0.2) is 0 Å². The second-order valence-electron chi connectivity index (χ2n) is 3.16. The molecule has 0 amide bonds. The number of nitrogens with two attached hydrogens (primary N) is 1. The molecule has 0 saturated carbocycles. The van der Waals surface area contributed by atoms with Gasteiger partial charge in [-0.1, -0.05) is 13.8 Å². The van der Waals surface area contributed by atoms with E-state index in [0.717, 1.165) is 0 Å². The molecule has 0 heterocycles. The van der Waals surface area contributed by atoms with E-state index in [1.54, 1.807) is 0 Å². The summed E-state index contributed by atoms with van der Waals surface area (Å²) in [6, 6.07) is 1.12. The molecule has 0 aliphatic rings. The lowest BCUT2D eigenvalue weighted by Crippen LogP contribution is -2.33. The Bertz CT molecular complexity index is 196. The van der Waals surface area contributed by atoms with Crippen LogP contribution in [0.3, 0.4) is 0 Å². The van der Waals surface area contributed by atoms with Crippen LogP contribution in [0.15, 0.2) is 0 Å². The normalized spacial score (nSPS) is 15.2. The quantitative estimate of drug-likeness (QED) is 0.646. The number of hydrogen-bond acceptors (Lipinski definition) is 3. The molecule has 12 heavy (non-hydrogen) atoms. The summed E-state index contributed by atoms with van der Waals surface area (Å²) < 4.78 is 0. The average molecular weight is 170 g/mol. The van der Waals surface area contributed by atoms with Crippen molar-refractivity contribution >= 4 is 5.97 Å². The number of aliphatic carboxylic acids is 1. The van der Waals surface area contributed by atoms with Gasteiger partial charge in [0.05, 0.1) is 12.0 Å². The zero-order chi connectivity index (χ0) is 9.72. The summed E-state index contributed by atoms with van der Waals surface area (Å²) >= 11 is 0. The van der Waals surface area contributed by atoms with Gasteiger partial charge in [0, 0.05) is 0 Å². The highest BCUT2D eigenvalue weighted by atomic mass is 16.4. The Balaban J connectivity index is 4.05. The summed E-state index contributed by atoms with van der Waals surface area (Å²) in [5.41, 5.74) is 5.28. The summed E-state index contributed by atoms with van der Waals surface area (Å²) in [5.74, 6) is -1.16. The fourth-order valence-electron chi connectivity index (χ4n) is 0.848. The molecule has 0 radical (unpaired) electrons. The molecule has 0 saturated heterocycles. The van der Waals surface area contributed by atoms with Crippen LogP contribution in [0.4, 0.5) is 0 Å². The predicted octanol–water partition coefficient (Wildman–Crippen LogP) is 0.584. The first-order valence-electron chi connectivity index (χ1n) is 3.87. The zero-order valence-electron chi connectivity index (χ0n) is 7.32. The Morgan fingerprint density at radius 3 is 2.42 bits per heavy atom. The Morgan fingerprint density at radius 2 is 2.17 bits per heavy atom. The predicted molar refractivity (Wildman–Crippen MR) is 44.2 cm³/mol. The zero-order valence-corrected chi connectivity index (χ0v) is 7.32. The Kier molecular flexibility index (Phi) is 4.30. The fraction of sp³-hybridized carbons (Fsp3) is 0.750. The molecular formula is C8H14N2O2. The number of hydrogen-bond donors (Lipinski definition) is 2. The standard InChI is InChI=1S/C8H14N2O2/c1-5(2)6(4-9)3-7(10)8(11)12/h5-7H,3,10H2,1-2H3,(H,11,12). The van der Waals surface area contributed by atoms with Crippen LogP contribution in [-0.2, 0) is 4.79 Å². The number of nitriles is 1. The molecule has 0 aromatic carbocycles. The van der Waals surface area contributed by atoms with Crippen molar-refractivity contribution in [1.82, 2.24) is 0 Å². The molecule has 4 nitrogen and oxygen atoms in total. The van der Waals surface area contributed by atoms with Crippen LogP contribution >= 0.6 is 0 Å². The highest BCUT2D eigenvalue weighted by molar-refractivity contribution is 5.73. The summed E-state index contributed by atoms with van der Waals surface area (Å²) in [4.78, 5) is 10.3. The summed E-state index contributed by atoms with van der Waals surface area (Å²) in [6.45, 7) is 3.75. The van der Waals surface area contributed by atoms with E-state index in [2.05, 4.69) is 0 Å². The maximum absolute atomic E-state index is 10.3. The third-order valence-corrected chi connectivity index (χ3v) is 1.80. The summed E-state index contributed by atoms with van der Waals surface area (Å²) in [6.07, 6.45) is 0.226. The minimum Gasteiger partial charge on any atom is -0.480 e. The van der Waals surface area contributed by atoms with E-state index in [1.807, 2.05) is 19.9 Å². The van der Waals surface area contributed by atoms with E-state index >= 15 is 0 Å². The van der Waals surface area contributed by atoms with Gasteiger partial charge in [-0.3, -0.25) is 4.79 Å². The highest BCUT2D eigenvalue weighted by Gasteiger charge is 2.20. The third-order valence-electron chi connectivity index (χ3n) is 1.80. The monoisotopic (exact) mass is 170 g/mol. The van der Waals surface area contributed by atoms with Crippen LogP contribution in [0.1, 0.15) is 20.3 Å². The average Bonchev–Trinajstić information content (AvgIpc) is 1.98. The van der Waals surface area contributed by atoms with Gasteiger partial charge >= 0.3 is 5.97 Å². The summed E-state index contributed by atoms with van der Waals surface area (Å²) in [7, 11) is 0. The lowest BCUT2D eigenvalue weighted by Gasteiger charge is -2.14. The number of nitrogens with zero attached hydrogens (tertiary/aromatic N) is 1. The molecule has 0 rings (SSSR count). The number of carboxylic acids is 1. The van der Waals surface area contributed by atoms with Gasteiger partial charge < -0.3 is 10.8 Å². The molecule has 0 bridgehead atoms. The first-order chi connectivity index (χ1) is 5.49. The SMILES string of the molecule is CC(C)C(C#N)CC(N)C(=O)O. The Morgan fingerprint density at radius 1 is 1.67 bits per heavy atom. The molecule has 0 aromatic rings. The van der Waals surface area contributed by atoms with Gasteiger partial charge in [-0.2, -0.15) is 5.26 Å². The molecule has 0 spiro atoms. The van der Waals surface area contributed by atoms with Crippen molar-refractivity contribution in [3.63, 3.8) is 0 Å². The van der Waals surface area contributed by atoms with E-state index < -0.39 is 12.0 Å². The maximum Gasteiger partial charge on any atom is 0.320 e. The largest absolute Gasteiger partial charge is 0.480 e. The van der Waals surface area contributed by atoms with E-state index in [4.69, 9.17) is 16.1 Å². The van der Waals surface area contributed by atoms with Gasteiger partial charge in [-0.05, 0) is 12.3 Å². The van der Waals surface area contributed by atoms with Crippen molar-refractivity contribution in [2.75, 3.05) is 0 Å². The van der Waals surface area contributed by atoms with Crippen molar-refractivity contribution in [3.8, 4) is 6.07 Å². The smallest absolute Gasteiger partial charge is 0.320 e. The van der Waals surface area contributed by atoms with E-state index in [1.165, 1.54) is 0 Å². The molecular weight excluding hydrogens is 156 g/mol. The Labute approximate surface area is 72.0 Å². The molecule has 0 aliphatic carbocycles. The van der Waals surface area contributed by atoms with Crippen LogP contribution in [0, 0.1) is 23.2 Å². The Hall–Kier alpha value is -1.08. The van der Waals surface area contributed by atoms with Crippen LogP contribution < -0.4 is 5.73 Å². The van der Waals surface area contributed by atoms with Crippen molar-refractivity contribution in [1.29, 1.82) is 5.26 Å². The van der Waals surface area contributed by atoms with Gasteiger partial charge in [0.1, 0.15) is 6.04 Å². The van der Waals surface area contributed by atoms with E-state index in [0.29, 0.717) is 0 Å². The van der Waals surface area contributed by atoms with Gasteiger partial charge in [-0.25, -0.2) is 0 Å². The number of carboxylic acid groups (broad SMARTS) is 1. The van der Waals surface area contributed by atoms with Crippen molar-refractivity contribution in [3.05, 3.63) is 0 Å². The minimum absolute atomic E-state index is 0.153. The van der Waals surface area contributed by atoms with E-state index in [9.17, 15) is 4.79 Å². The third kappa shape index (κ3) is 3.35. The first kappa shape index (κ1) is 10.9. The molecule has 68 valence electrons. The van der Waals surface area contributed by atoms with Crippen LogP contribution in [0.2, 0.25) is 0 Å². The van der Waals surface area contributed by atoms with Crippen LogP contribution in [0.5, 0.6) is 0 Å². The molecule has 2 unspecified atom stereocenters. The molecule has 2 atom stereocenters. The molecule has 0 aliphatic heterocycles. The fourth-order valence-corrected chi connectivity index (χ4v) is 0.848. The topological polar surface area (TPSA) is 87.1 Å². The second-order valence-corrected chi connectivity index (χ2v) is 3.16. The second kappa shape index (κ2) is 4.73. The minimum atomic E-state index is -1.05. The molecule has 0 aromatic heterocycles. The summed E-state index contributed by atoms with van der Waals surface area (Å²) in [5, 5.41) is 17.1. The molecule has 0 fully saturated rings.